The molecule has 0 aliphatic heterocycles. The van der Waals surface area contributed by atoms with E-state index in [0.29, 0.717) is 11.1 Å². The topological polar surface area (TPSA) is 34.1 Å². The van der Waals surface area contributed by atoms with Crippen LogP contribution in [0.4, 0.5) is 0 Å². The van der Waals surface area contributed by atoms with Gasteiger partial charge in [-0.05, 0) is 23.3 Å². The smallest absolute Gasteiger partial charge is 0.186 e. The monoisotopic (exact) mass is 338 g/mol. The summed E-state index contributed by atoms with van der Waals surface area (Å²) in [7, 11) is 0. The Hall–Kier alpha value is -3.52. The third-order valence-electron chi connectivity index (χ3n) is 3.93. The molecule has 0 N–H and O–H groups in total. The van der Waals surface area contributed by atoms with E-state index in [2.05, 4.69) is 0 Å². The first-order valence-electron chi connectivity index (χ1n) is 8.38. The predicted molar refractivity (Wildman–Crippen MR) is 106 cm³/mol. The van der Waals surface area contributed by atoms with Crippen LogP contribution in [0, 0.1) is 0 Å². The molecular weight excluding hydrogens is 320 g/mol. The van der Waals surface area contributed by atoms with Crippen molar-refractivity contribution in [1.82, 2.24) is 0 Å². The van der Waals surface area contributed by atoms with E-state index >= 15 is 0 Å². The standard InChI is InChI=1S/C24H18O2/c25-23(21-12-5-2-6-13-21)18-16-20-11-7-8-14-22(20)24(26)17-15-19-9-3-1-4-10-19/h1-18H. The summed E-state index contributed by atoms with van der Waals surface area (Å²) >= 11 is 0. The molecule has 0 spiro atoms. The van der Waals surface area contributed by atoms with E-state index in [9.17, 15) is 9.59 Å². The number of hydrogen-bond donors (Lipinski definition) is 0. The van der Waals surface area contributed by atoms with E-state index in [1.165, 1.54) is 6.08 Å². The molecule has 0 aromatic heterocycles. The fourth-order valence-electron chi connectivity index (χ4n) is 2.56. The van der Waals surface area contributed by atoms with Crippen LogP contribution >= 0.6 is 0 Å². The Morgan fingerprint density at radius 1 is 0.577 bits per heavy atom. The highest BCUT2D eigenvalue weighted by Gasteiger charge is 2.07. The summed E-state index contributed by atoms with van der Waals surface area (Å²) in [5.74, 6) is -0.186. The van der Waals surface area contributed by atoms with E-state index in [1.807, 2.05) is 66.7 Å². The highest BCUT2D eigenvalue weighted by atomic mass is 16.1. The first-order valence-corrected chi connectivity index (χ1v) is 8.38. The highest BCUT2D eigenvalue weighted by Crippen LogP contribution is 2.14. The van der Waals surface area contributed by atoms with Crippen molar-refractivity contribution in [2.75, 3.05) is 0 Å². The van der Waals surface area contributed by atoms with Gasteiger partial charge in [0.2, 0.25) is 0 Å². The van der Waals surface area contributed by atoms with Crippen LogP contribution in [0.2, 0.25) is 0 Å². The average Bonchev–Trinajstić information content (AvgIpc) is 2.72. The van der Waals surface area contributed by atoms with E-state index in [4.69, 9.17) is 0 Å². The lowest BCUT2D eigenvalue weighted by atomic mass is 10.0. The van der Waals surface area contributed by atoms with E-state index in [1.54, 1.807) is 36.4 Å². The summed E-state index contributed by atoms with van der Waals surface area (Å²) in [4.78, 5) is 24.8. The van der Waals surface area contributed by atoms with Crippen molar-refractivity contribution in [2.45, 2.75) is 0 Å². The van der Waals surface area contributed by atoms with Gasteiger partial charge in [0, 0.05) is 11.1 Å². The van der Waals surface area contributed by atoms with Crippen LogP contribution in [-0.2, 0) is 0 Å². The minimum Gasteiger partial charge on any atom is -0.289 e. The van der Waals surface area contributed by atoms with Crippen LogP contribution in [0.25, 0.3) is 12.2 Å². The molecule has 0 aliphatic rings. The largest absolute Gasteiger partial charge is 0.289 e. The number of benzene rings is 3. The Morgan fingerprint density at radius 2 is 1.15 bits per heavy atom. The molecule has 3 aromatic rings. The number of carbonyl (C=O) groups is 2. The lowest BCUT2D eigenvalue weighted by Gasteiger charge is -2.02. The van der Waals surface area contributed by atoms with Gasteiger partial charge in [-0.3, -0.25) is 9.59 Å². The lowest BCUT2D eigenvalue weighted by molar-refractivity contribution is 0.103. The number of allylic oxidation sites excluding steroid dienone is 2. The molecule has 3 aromatic carbocycles. The zero-order chi connectivity index (χ0) is 18.2. The predicted octanol–water partition coefficient (Wildman–Crippen LogP) is 5.48. The minimum atomic E-state index is -0.0961. The molecule has 0 bridgehead atoms. The third kappa shape index (κ3) is 4.52. The summed E-state index contributed by atoms with van der Waals surface area (Å²) in [5, 5.41) is 0. The van der Waals surface area contributed by atoms with Crippen molar-refractivity contribution >= 4 is 23.7 Å². The van der Waals surface area contributed by atoms with Crippen LogP contribution < -0.4 is 0 Å². The molecule has 26 heavy (non-hydrogen) atoms. The molecule has 0 radical (unpaired) electrons. The van der Waals surface area contributed by atoms with Gasteiger partial charge in [-0.1, -0.05) is 97.1 Å². The van der Waals surface area contributed by atoms with E-state index in [-0.39, 0.29) is 11.6 Å². The van der Waals surface area contributed by atoms with Crippen molar-refractivity contribution in [3.05, 3.63) is 119 Å². The van der Waals surface area contributed by atoms with Crippen LogP contribution in [0.1, 0.15) is 31.8 Å². The summed E-state index contributed by atoms with van der Waals surface area (Å²) in [6, 6.07) is 26.0. The number of rotatable bonds is 6. The summed E-state index contributed by atoms with van der Waals surface area (Å²) in [5.41, 5.74) is 2.88. The van der Waals surface area contributed by atoms with Crippen molar-refractivity contribution in [1.29, 1.82) is 0 Å². The molecule has 0 heterocycles. The number of hydrogen-bond acceptors (Lipinski definition) is 2. The van der Waals surface area contributed by atoms with Crippen molar-refractivity contribution in [3.8, 4) is 0 Å². The third-order valence-corrected chi connectivity index (χ3v) is 3.93. The molecule has 0 saturated heterocycles. The Kier molecular flexibility index (Phi) is 5.69. The van der Waals surface area contributed by atoms with Crippen LogP contribution in [0.3, 0.4) is 0 Å². The van der Waals surface area contributed by atoms with E-state index in [0.717, 1.165) is 11.1 Å². The molecule has 2 nitrogen and oxygen atoms in total. The second-order valence-corrected chi connectivity index (χ2v) is 5.76. The second kappa shape index (κ2) is 8.54. The van der Waals surface area contributed by atoms with Crippen LogP contribution in [-0.4, -0.2) is 11.6 Å². The normalized spacial score (nSPS) is 11.1. The molecule has 0 saturated carbocycles. The summed E-state index contributed by atoms with van der Waals surface area (Å²) in [6.45, 7) is 0. The number of ketones is 2. The van der Waals surface area contributed by atoms with E-state index < -0.39 is 0 Å². The highest BCUT2D eigenvalue weighted by molar-refractivity contribution is 6.11. The van der Waals surface area contributed by atoms with Gasteiger partial charge in [-0.2, -0.15) is 0 Å². The first-order chi connectivity index (χ1) is 12.7. The van der Waals surface area contributed by atoms with Gasteiger partial charge >= 0.3 is 0 Å². The van der Waals surface area contributed by atoms with Crippen molar-refractivity contribution in [2.24, 2.45) is 0 Å². The molecule has 0 aliphatic carbocycles. The molecule has 3 rings (SSSR count). The quantitative estimate of drug-likeness (QED) is 0.440. The zero-order valence-corrected chi connectivity index (χ0v) is 14.2. The maximum atomic E-state index is 12.5. The Bertz CT molecular complexity index is 952. The van der Waals surface area contributed by atoms with Gasteiger partial charge in [-0.25, -0.2) is 0 Å². The van der Waals surface area contributed by atoms with Gasteiger partial charge in [0.15, 0.2) is 11.6 Å². The molecule has 2 heteroatoms. The summed E-state index contributed by atoms with van der Waals surface area (Å²) < 4.78 is 0. The zero-order valence-electron chi connectivity index (χ0n) is 14.2. The molecule has 126 valence electrons. The van der Waals surface area contributed by atoms with Gasteiger partial charge in [-0.15, -0.1) is 0 Å². The Labute approximate surface area is 153 Å². The fraction of sp³-hybridized carbons (Fsp3) is 0. The average molecular weight is 338 g/mol. The maximum absolute atomic E-state index is 12.5. The Balaban J connectivity index is 1.80. The fourth-order valence-corrected chi connectivity index (χ4v) is 2.56. The van der Waals surface area contributed by atoms with Gasteiger partial charge in [0.1, 0.15) is 0 Å². The van der Waals surface area contributed by atoms with Gasteiger partial charge in [0.05, 0.1) is 0 Å². The van der Waals surface area contributed by atoms with Crippen molar-refractivity contribution in [3.63, 3.8) is 0 Å². The Morgan fingerprint density at radius 3 is 1.88 bits per heavy atom. The first kappa shape index (κ1) is 17.3. The van der Waals surface area contributed by atoms with Gasteiger partial charge in [0.25, 0.3) is 0 Å². The second-order valence-electron chi connectivity index (χ2n) is 5.76. The SMILES string of the molecule is O=C(C=Cc1ccccc1C(=O)C=Cc1ccccc1)c1ccccc1. The molecule has 0 unspecified atom stereocenters. The maximum Gasteiger partial charge on any atom is 0.186 e. The lowest BCUT2D eigenvalue weighted by Crippen LogP contribution is -1.98. The molecule has 0 fully saturated rings. The summed E-state index contributed by atoms with van der Waals surface area (Å²) in [6.07, 6.45) is 6.54. The number of carbonyl (C=O) groups excluding carboxylic acids is 2. The minimum absolute atomic E-state index is 0.0901. The molecule has 0 amide bonds. The molecular formula is C24H18O2. The van der Waals surface area contributed by atoms with Crippen molar-refractivity contribution < 1.29 is 9.59 Å². The van der Waals surface area contributed by atoms with Crippen LogP contribution in [0.15, 0.2) is 97.1 Å². The molecule has 0 atom stereocenters. The van der Waals surface area contributed by atoms with Crippen LogP contribution in [0.5, 0.6) is 0 Å². The van der Waals surface area contributed by atoms with Gasteiger partial charge < -0.3 is 0 Å².